The molecule has 1 fully saturated rings. The van der Waals surface area contributed by atoms with Gasteiger partial charge in [-0.1, -0.05) is 19.3 Å². The van der Waals surface area contributed by atoms with Crippen LogP contribution in [0.1, 0.15) is 75.1 Å². The predicted octanol–water partition coefficient (Wildman–Crippen LogP) is 8.30. The second-order valence-electron chi connectivity index (χ2n) is 13.5. The number of halogens is 2. The lowest BCUT2D eigenvalue weighted by Gasteiger charge is -2.37. The van der Waals surface area contributed by atoms with Crippen molar-refractivity contribution in [2.45, 2.75) is 64.7 Å². The highest BCUT2D eigenvalue weighted by Crippen LogP contribution is 2.32. The summed E-state index contributed by atoms with van der Waals surface area (Å²) in [7, 11) is 5.48. The number of hydrogen-bond donors (Lipinski definition) is 0. The van der Waals surface area contributed by atoms with Gasteiger partial charge in [-0.25, -0.2) is 8.78 Å². The minimum absolute atomic E-state index is 0.0176. The molecule has 0 aliphatic carbocycles. The van der Waals surface area contributed by atoms with Crippen molar-refractivity contribution in [3.05, 3.63) is 88.2 Å². The summed E-state index contributed by atoms with van der Waals surface area (Å²) in [4.78, 5) is 29.0. The average molecular weight is 691 g/mol. The first kappa shape index (κ1) is 36.8. The molecule has 1 saturated heterocycles. The molecule has 0 spiro atoms. The smallest absolute Gasteiger partial charge is 0.263 e. The van der Waals surface area contributed by atoms with Gasteiger partial charge in [-0.15, -0.1) is 0 Å². The number of quaternary nitrogens is 1. The molecule has 4 aromatic rings. The Morgan fingerprint density at radius 3 is 2.20 bits per heavy atom. The van der Waals surface area contributed by atoms with E-state index in [9.17, 15) is 18.4 Å². The molecule has 1 aliphatic heterocycles. The third-order valence-corrected chi connectivity index (χ3v) is 9.83. The SMILES string of the molecule is CCN(C(=O)c1cn(-c2ccc(OC)c(OC)c2)c2cc(OCCCCCCCC[N+]3(C)CCCCC3)ccc2c1=O)c1cc(F)cc(F)c1. The second kappa shape index (κ2) is 17.0. The Morgan fingerprint density at radius 2 is 1.52 bits per heavy atom. The van der Waals surface area contributed by atoms with E-state index in [0.717, 1.165) is 31.0 Å². The molecule has 5 rings (SSSR count). The molecule has 0 atom stereocenters. The average Bonchev–Trinajstić information content (AvgIpc) is 3.11. The topological polar surface area (TPSA) is 70.0 Å². The van der Waals surface area contributed by atoms with E-state index in [-0.39, 0.29) is 17.8 Å². The summed E-state index contributed by atoms with van der Waals surface area (Å²) in [6.07, 6.45) is 12.6. The third kappa shape index (κ3) is 8.82. The number of likely N-dealkylation sites (tertiary alicyclic amines) is 1. The molecule has 8 nitrogen and oxygen atoms in total. The molecule has 1 amide bonds. The number of carbonyl (C=O) groups excluding carboxylic acids is 1. The molecule has 0 saturated carbocycles. The zero-order valence-corrected chi connectivity index (χ0v) is 29.8. The van der Waals surface area contributed by atoms with Gasteiger partial charge in [0.25, 0.3) is 5.91 Å². The van der Waals surface area contributed by atoms with Gasteiger partial charge >= 0.3 is 0 Å². The Balaban J connectivity index is 1.34. The first-order valence-corrected chi connectivity index (χ1v) is 17.8. The number of fused-ring (bicyclic) bond motifs is 1. The van der Waals surface area contributed by atoms with Crippen molar-refractivity contribution in [3.8, 4) is 22.9 Å². The van der Waals surface area contributed by atoms with E-state index in [1.165, 1.54) is 87.3 Å². The monoisotopic (exact) mass is 690 g/mol. The summed E-state index contributed by atoms with van der Waals surface area (Å²) in [6.45, 7) is 6.25. The molecular formula is C40H50F2N3O5+. The fourth-order valence-corrected chi connectivity index (χ4v) is 7.01. The molecule has 0 bridgehead atoms. The van der Waals surface area contributed by atoms with Crippen molar-refractivity contribution in [3.63, 3.8) is 0 Å². The van der Waals surface area contributed by atoms with Crippen LogP contribution in [0.15, 0.2) is 65.6 Å². The highest BCUT2D eigenvalue weighted by Gasteiger charge is 2.25. The molecule has 3 aromatic carbocycles. The zero-order valence-electron chi connectivity index (χ0n) is 29.8. The van der Waals surface area contributed by atoms with Gasteiger partial charge < -0.3 is 28.2 Å². The van der Waals surface area contributed by atoms with Crippen LogP contribution in [0.4, 0.5) is 14.5 Å². The molecule has 1 aromatic heterocycles. The van der Waals surface area contributed by atoms with E-state index in [4.69, 9.17) is 14.2 Å². The maximum absolute atomic E-state index is 14.1. The first-order valence-electron chi connectivity index (χ1n) is 17.8. The Labute approximate surface area is 293 Å². The minimum atomic E-state index is -0.821. The van der Waals surface area contributed by atoms with E-state index in [0.29, 0.717) is 40.4 Å². The molecule has 50 heavy (non-hydrogen) atoms. The largest absolute Gasteiger partial charge is 0.494 e. The van der Waals surface area contributed by atoms with Crippen molar-refractivity contribution in [2.24, 2.45) is 0 Å². The standard InChI is InChI=1S/C40H50F2N3O5/c1-5-43(32-24-29(41)23-30(42)25-32)40(47)35-28-44(31-15-18-37(48-3)38(26-31)49-4)36-27-33(16-17-34(36)39(35)46)50-22-14-9-7-6-8-11-19-45(2)20-12-10-13-21-45/h15-18,23-28H,5-14,19-22H2,1-4H3/q+1. The molecule has 10 heteroatoms. The van der Waals surface area contributed by atoms with E-state index < -0.39 is 23.0 Å². The van der Waals surface area contributed by atoms with Crippen molar-refractivity contribution < 1.29 is 32.3 Å². The van der Waals surface area contributed by atoms with E-state index in [1.54, 1.807) is 55.0 Å². The highest BCUT2D eigenvalue weighted by molar-refractivity contribution is 6.07. The van der Waals surface area contributed by atoms with Crippen molar-refractivity contribution in [1.82, 2.24) is 4.57 Å². The molecule has 268 valence electrons. The van der Waals surface area contributed by atoms with Gasteiger partial charge in [-0.2, -0.15) is 0 Å². The van der Waals surface area contributed by atoms with Crippen molar-refractivity contribution in [1.29, 1.82) is 0 Å². The summed E-state index contributed by atoms with van der Waals surface area (Å²) < 4.78 is 48.3. The van der Waals surface area contributed by atoms with Gasteiger partial charge in [-0.3, -0.25) is 9.59 Å². The van der Waals surface area contributed by atoms with Gasteiger partial charge in [0, 0.05) is 47.7 Å². The lowest BCUT2D eigenvalue weighted by atomic mass is 10.1. The lowest BCUT2D eigenvalue weighted by molar-refractivity contribution is -0.914. The van der Waals surface area contributed by atoms with Gasteiger partial charge in [0.05, 0.1) is 53.0 Å². The zero-order chi connectivity index (χ0) is 35.7. The second-order valence-corrected chi connectivity index (χ2v) is 13.5. The van der Waals surface area contributed by atoms with Crippen LogP contribution in [0.3, 0.4) is 0 Å². The fourth-order valence-electron chi connectivity index (χ4n) is 7.01. The number of hydrogen-bond acceptors (Lipinski definition) is 5. The summed E-state index contributed by atoms with van der Waals surface area (Å²) >= 11 is 0. The van der Waals surface area contributed by atoms with Crippen LogP contribution in [0.5, 0.6) is 17.2 Å². The summed E-state index contributed by atoms with van der Waals surface area (Å²) in [5.41, 5.74) is 0.499. The number of ether oxygens (including phenoxy) is 3. The molecular weight excluding hydrogens is 640 g/mol. The molecule has 0 unspecified atom stereocenters. The van der Waals surface area contributed by atoms with Gasteiger partial charge in [0.1, 0.15) is 22.9 Å². The summed E-state index contributed by atoms with van der Waals surface area (Å²) in [6, 6.07) is 13.3. The fraction of sp³-hybridized carbons (Fsp3) is 0.450. The molecule has 1 aliphatic rings. The summed E-state index contributed by atoms with van der Waals surface area (Å²) in [5.74, 6) is -0.734. The Kier molecular flexibility index (Phi) is 12.5. The number of carbonyl (C=O) groups is 1. The van der Waals surface area contributed by atoms with E-state index in [2.05, 4.69) is 7.05 Å². The maximum atomic E-state index is 14.1. The van der Waals surface area contributed by atoms with Crippen LogP contribution >= 0.6 is 0 Å². The number of benzene rings is 3. The van der Waals surface area contributed by atoms with Gasteiger partial charge in [0.15, 0.2) is 11.5 Å². The van der Waals surface area contributed by atoms with Gasteiger partial charge in [-0.05, 0) is 81.8 Å². The van der Waals surface area contributed by atoms with Crippen LogP contribution in [-0.2, 0) is 0 Å². The number of aromatic nitrogens is 1. The normalized spacial score (nSPS) is 14.0. The number of anilines is 1. The minimum Gasteiger partial charge on any atom is -0.494 e. The van der Waals surface area contributed by atoms with Crippen LogP contribution < -0.4 is 24.5 Å². The quantitative estimate of drug-likeness (QED) is 0.0874. The van der Waals surface area contributed by atoms with E-state index in [1.807, 2.05) is 0 Å². The Morgan fingerprint density at radius 1 is 0.840 bits per heavy atom. The van der Waals surface area contributed by atoms with Crippen LogP contribution in [-0.4, -0.2) is 69.0 Å². The number of amides is 1. The number of unbranched alkanes of at least 4 members (excludes halogenated alkanes) is 5. The van der Waals surface area contributed by atoms with E-state index >= 15 is 0 Å². The maximum Gasteiger partial charge on any atom is 0.263 e. The Bertz CT molecular complexity index is 1820. The predicted molar refractivity (Wildman–Crippen MR) is 194 cm³/mol. The molecule has 2 heterocycles. The highest BCUT2D eigenvalue weighted by atomic mass is 19.1. The third-order valence-electron chi connectivity index (χ3n) is 9.83. The molecule has 0 radical (unpaired) electrons. The van der Waals surface area contributed by atoms with Crippen LogP contribution in [0.25, 0.3) is 16.6 Å². The number of pyridine rings is 1. The lowest BCUT2D eigenvalue weighted by Crippen LogP contribution is -2.48. The van der Waals surface area contributed by atoms with Gasteiger partial charge in [0.2, 0.25) is 5.43 Å². The number of nitrogens with zero attached hydrogens (tertiary/aromatic N) is 3. The van der Waals surface area contributed by atoms with Crippen molar-refractivity contribution in [2.75, 3.05) is 59.0 Å². The van der Waals surface area contributed by atoms with Crippen LogP contribution in [0, 0.1) is 11.6 Å². The van der Waals surface area contributed by atoms with Crippen LogP contribution in [0.2, 0.25) is 0 Å². The molecule has 0 N–H and O–H groups in total. The summed E-state index contributed by atoms with van der Waals surface area (Å²) in [5, 5.41) is 0.292. The number of rotatable bonds is 16. The first-order chi connectivity index (χ1) is 24.2. The van der Waals surface area contributed by atoms with Crippen molar-refractivity contribution >= 4 is 22.5 Å². The number of piperidine rings is 1. The number of methoxy groups -OCH3 is 2. The Hall–Kier alpha value is -4.44.